The molecule has 3 rings (SSSR count). The number of carbonyl (C=O) groups excluding carboxylic acids is 1. The van der Waals surface area contributed by atoms with E-state index in [2.05, 4.69) is 0 Å². The molecule has 0 saturated carbocycles. The second kappa shape index (κ2) is 5.08. The number of halogens is 4. The Morgan fingerprint density at radius 1 is 1.04 bits per heavy atom. The molecule has 120 valence electrons. The van der Waals surface area contributed by atoms with Crippen LogP contribution < -0.4 is 4.90 Å². The molecule has 0 unspecified atom stereocenters. The van der Waals surface area contributed by atoms with E-state index in [9.17, 15) is 22.4 Å². The van der Waals surface area contributed by atoms with Crippen LogP contribution in [0.5, 0.6) is 0 Å². The molecule has 1 aliphatic heterocycles. The van der Waals surface area contributed by atoms with E-state index in [0.717, 1.165) is 12.1 Å². The van der Waals surface area contributed by atoms with Crippen molar-refractivity contribution in [2.75, 3.05) is 4.90 Å². The molecule has 2 nitrogen and oxygen atoms in total. The van der Waals surface area contributed by atoms with Gasteiger partial charge in [0.15, 0.2) is 0 Å². The number of benzene rings is 2. The third-order valence-corrected chi connectivity index (χ3v) is 3.92. The van der Waals surface area contributed by atoms with Gasteiger partial charge in [-0.05, 0) is 54.8 Å². The van der Waals surface area contributed by atoms with E-state index in [0.29, 0.717) is 22.4 Å². The molecule has 6 heteroatoms. The molecule has 0 fully saturated rings. The Hall–Kier alpha value is -2.37. The Kier molecular flexibility index (Phi) is 3.43. The van der Waals surface area contributed by atoms with Crippen LogP contribution in [0.2, 0.25) is 0 Å². The molecule has 0 atom stereocenters. The second-order valence-electron chi connectivity index (χ2n) is 5.64. The number of fused-ring (bicyclic) bond motifs is 1. The van der Waals surface area contributed by atoms with Crippen molar-refractivity contribution in [2.24, 2.45) is 0 Å². The standard InChI is InChI=1S/C17H13F4NO/c1-9-5-13(6-10(2)16(9)18)22-14-8-12(17(19,20)21)4-3-11(14)7-15(22)23/h3-6,8H,7H2,1-2H3. The van der Waals surface area contributed by atoms with Crippen LogP contribution in [0.3, 0.4) is 0 Å². The number of alkyl halides is 3. The van der Waals surface area contributed by atoms with Crippen LogP contribution in [-0.2, 0) is 17.4 Å². The molecule has 1 heterocycles. The summed E-state index contributed by atoms with van der Waals surface area (Å²) >= 11 is 0. The van der Waals surface area contributed by atoms with Gasteiger partial charge >= 0.3 is 6.18 Å². The lowest BCUT2D eigenvalue weighted by Crippen LogP contribution is -2.21. The molecule has 0 aromatic heterocycles. The van der Waals surface area contributed by atoms with E-state index in [1.165, 1.54) is 23.1 Å². The molecule has 0 N–H and O–H groups in total. The maximum absolute atomic E-state index is 13.8. The summed E-state index contributed by atoms with van der Waals surface area (Å²) in [6.45, 7) is 3.11. The molecule has 2 aromatic carbocycles. The lowest BCUT2D eigenvalue weighted by Gasteiger charge is -2.20. The molecule has 0 aliphatic carbocycles. The van der Waals surface area contributed by atoms with Gasteiger partial charge in [-0.3, -0.25) is 9.69 Å². The van der Waals surface area contributed by atoms with Crippen LogP contribution in [0.15, 0.2) is 30.3 Å². The SMILES string of the molecule is Cc1cc(N2C(=O)Cc3ccc(C(F)(F)F)cc32)cc(C)c1F. The maximum atomic E-state index is 13.8. The van der Waals surface area contributed by atoms with Gasteiger partial charge in [0.25, 0.3) is 0 Å². The molecule has 0 saturated heterocycles. The summed E-state index contributed by atoms with van der Waals surface area (Å²) < 4.78 is 52.5. The number of hydrogen-bond donors (Lipinski definition) is 0. The Bertz CT molecular complexity index is 788. The minimum atomic E-state index is -4.49. The van der Waals surface area contributed by atoms with Gasteiger partial charge in [0.05, 0.1) is 17.7 Å². The fourth-order valence-electron chi connectivity index (χ4n) is 2.81. The predicted molar refractivity (Wildman–Crippen MR) is 78.2 cm³/mol. The highest BCUT2D eigenvalue weighted by atomic mass is 19.4. The minimum absolute atomic E-state index is 0.0307. The van der Waals surface area contributed by atoms with Crippen molar-refractivity contribution in [3.63, 3.8) is 0 Å². The summed E-state index contributed by atoms with van der Waals surface area (Å²) in [5, 5.41) is 0. The van der Waals surface area contributed by atoms with Crippen molar-refractivity contribution in [2.45, 2.75) is 26.4 Å². The summed E-state index contributed by atoms with van der Waals surface area (Å²) in [5.41, 5.74) is 0.982. The first-order valence-electron chi connectivity index (χ1n) is 6.98. The van der Waals surface area contributed by atoms with Crippen molar-refractivity contribution in [3.8, 4) is 0 Å². The molecule has 0 bridgehead atoms. The average molecular weight is 323 g/mol. The largest absolute Gasteiger partial charge is 0.416 e. The summed E-state index contributed by atoms with van der Waals surface area (Å²) in [4.78, 5) is 13.5. The minimum Gasteiger partial charge on any atom is -0.280 e. The van der Waals surface area contributed by atoms with Crippen molar-refractivity contribution < 1.29 is 22.4 Å². The van der Waals surface area contributed by atoms with Gasteiger partial charge in [0.1, 0.15) is 5.82 Å². The van der Waals surface area contributed by atoms with E-state index in [4.69, 9.17) is 0 Å². The number of rotatable bonds is 1. The van der Waals surface area contributed by atoms with Crippen LogP contribution in [0.1, 0.15) is 22.3 Å². The van der Waals surface area contributed by atoms with Crippen LogP contribution in [0, 0.1) is 19.7 Å². The predicted octanol–water partition coefficient (Wildman–Crippen LogP) is 4.68. The summed E-state index contributed by atoms with van der Waals surface area (Å²) in [7, 11) is 0. The Morgan fingerprint density at radius 2 is 1.65 bits per heavy atom. The van der Waals surface area contributed by atoms with E-state index < -0.39 is 11.7 Å². The van der Waals surface area contributed by atoms with Gasteiger partial charge in [-0.2, -0.15) is 13.2 Å². The van der Waals surface area contributed by atoms with Gasteiger partial charge in [-0.25, -0.2) is 4.39 Å². The third-order valence-electron chi connectivity index (χ3n) is 3.92. The highest BCUT2D eigenvalue weighted by Gasteiger charge is 2.35. The highest BCUT2D eigenvalue weighted by Crippen LogP contribution is 2.40. The summed E-state index contributed by atoms with van der Waals surface area (Å²) in [5.74, 6) is -0.714. The third kappa shape index (κ3) is 2.58. The lowest BCUT2D eigenvalue weighted by molar-refractivity contribution is -0.137. The van der Waals surface area contributed by atoms with Gasteiger partial charge in [-0.15, -0.1) is 0 Å². The van der Waals surface area contributed by atoms with Crippen LogP contribution >= 0.6 is 0 Å². The van der Waals surface area contributed by atoms with E-state index in [-0.39, 0.29) is 23.8 Å². The monoisotopic (exact) mass is 323 g/mol. The van der Waals surface area contributed by atoms with Gasteiger partial charge < -0.3 is 0 Å². The fraction of sp³-hybridized carbons (Fsp3) is 0.235. The second-order valence-corrected chi connectivity index (χ2v) is 5.64. The van der Waals surface area contributed by atoms with Crippen molar-refractivity contribution in [1.82, 2.24) is 0 Å². The maximum Gasteiger partial charge on any atom is 0.416 e. The Balaban J connectivity index is 2.15. The van der Waals surface area contributed by atoms with E-state index in [1.54, 1.807) is 13.8 Å². The first-order chi connectivity index (χ1) is 10.7. The molecule has 23 heavy (non-hydrogen) atoms. The van der Waals surface area contributed by atoms with Crippen molar-refractivity contribution in [3.05, 3.63) is 58.4 Å². The Morgan fingerprint density at radius 3 is 2.22 bits per heavy atom. The molecular weight excluding hydrogens is 310 g/mol. The highest BCUT2D eigenvalue weighted by molar-refractivity contribution is 6.07. The summed E-state index contributed by atoms with van der Waals surface area (Å²) in [6, 6.07) is 6.19. The molecule has 2 aromatic rings. The van der Waals surface area contributed by atoms with Crippen LogP contribution in [0.25, 0.3) is 0 Å². The Labute approximate surface area is 130 Å². The number of anilines is 2. The number of amides is 1. The van der Waals surface area contributed by atoms with Gasteiger partial charge in [0.2, 0.25) is 5.91 Å². The van der Waals surface area contributed by atoms with Crippen LogP contribution in [0.4, 0.5) is 28.9 Å². The van der Waals surface area contributed by atoms with E-state index in [1.807, 2.05) is 0 Å². The number of nitrogens with zero attached hydrogens (tertiary/aromatic N) is 1. The average Bonchev–Trinajstić information content (AvgIpc) is 2.78. The molecule has 0 spiro atoms. The molecule has 1 amide bonds. The molecule has 1 aliphatic rings. The first-order valence-corrected chi connectivity index (χ1v) is 6.98. The molecule has 0 radical (unpaired) electrons. The van der Waals surface area contributed by atoms with Crippen molar-refractivity contribution >= 4 is 17.3 Å². The summed E-state index contributed by atoms with van der Waals surface area (Å²) in [6.07, 6.45) is -4.45. The van der Waals surface area contributed by atoms with Gasteiger partial charge in [-0.1, -0.05) is 6.07 Å². The normalized spacial score (nSPS) is 14.3. The van der Waals surface area contributed by atoms with Crippen molar-refractivity contribution in [1.29, 1.82) is 0 Å². The first kappa shape index (κ1) is 15.5. The number of hydrogen-bond acceptors (Lipinski definition) is 1. The molecular formula is C17H13F4NO. The lowest BCUT2D eigenvalue weighted by atomic mass is 10.1. The fourth-order valence-corrected chi connectivity index (χ4v) is 2.81. The zero-order valence-corrected chi connectivity index (χ0v) is 12.5. The zero-order chi connectivity index (χ0) is 16.9. The topological polar surface area (TPSA) is 20.3 Å². The smallest absolute Gasteiger partial charge is 0.280 e. The van der Waals surface area contributed by atoms with E-state index >= 15 is 0 Å². The number of carbonyl (C=O) groups is 1. The number of aryl methyl sites for hydroxylation is 2. The quantitative estimate of drug-likeness (QED) is 0.698. The zero-order valence-electron chi connectivity index (χ0n) is 12.5. The van der Waals surface area contributed by atoms with Crippen LogP contribution in [-0.4, -0.2) is 5.91 Å². The van der Waals surface area contributed by atoms with Gasteiger partial charge in [0, 0.05) is 5.69 Å².